The molecule has 0 aromatic carbocycles. The Balaban J connectivity index is 2.19. The van der Waals surface area contributed by atoms with E-state index in [4.69, 9.17) is 0 Å². The molecule has 0 bridgehead atoms. The average molecular weight is 217 g/mol. The van der Waals surface area contributed by atoms with E-state index in [0.29, 0.717) is 5.92 Å². The van der Waals surface area contributed by atoms with Gasteiger partial charge in [-0.05, 0) is 34.9 Å². The van der Waals surface area contributed by atoms with Crippen molar-refractivity contribution in [3.8, 4) is 11.4 Å². The second-order valence-corrected chi connectivity index (χ2v) is 4.15. The van der Waals surface area contributed by atoms with Gasteiger partial charge in [0.25, 0.3) is 0 Å². The van der Waals surface area contributed by atoms with E-state index in [0.717, 1.165) is 24.4 Å². The fourth-order valence-corrected chi connectivity index (χ4v) is 1.44. The number of nitrogens with zero attached hydrogens (tertiary/aromatic N) is 5. The summed E-state index contributed by atoms with van der Waals surface area (Å²) in [5.41, 5.74) is 0.955. The van der Waals surface area contributed by atoms with Gasteiger partial charge in [-0.25, -0.2) is 4.68 Å². The number of hydrogen-bond acceptors (Lipinski definition) is 4. The predicted molar refractivity (Wildman–Crippen MR) is 60.5 cm³/mol. The lowest BCUT2D eigenvalue weighted by atomic mass is 10.1. The summed E-state index contributed by atoms with van der Waals surface area (Å²) in [6, 6.07) is 3.85. The van der Waals surface area contributed by atoms with Gasteiger partial charge < -0.3 is 0 Å². The van der Waals surface area contributed by atoms with Crippen molar-refractivity contribution in [1.29, 1.82) is 0 Å². The van der Waals surface area contributed by atoms with Gasteiger partial charge in [0.15, 0.2) is 5.82 Å². The molecule has 0 fully saturated rings. The Hall–Kier alpha value is -1.78. The summed E-state index contributed by atoms with van der Waals surface area (Å²) >= 11 is 0. The normalized spacial score (nSPS) is 10.9. The topological polar surface area (TPSA) is 56.5 Å². The third kappa shape index (κ3) is 2.42. The minimum atomic E-state index is 0.644. The van der Waals surface area contributed by atoms with E-state index >= 15 is 0 Å². The molecule has 2 aromatic rings. The molecule has 0 radical (unpaired) electrons. The molecule has 0 N–H and O–H groups in total. The molecule has 0 aliphatic rings. The Morgan fingerprint density at radius 3 is 2.94 bits per heavy atom. The van der Waals surface area contributed by atoms with Crippen LogP contribution in [0, 0.1) is 5.92 Å². The molecule has 0 aliphatic carbocycles. The Morgan fingerprint density at radius 2 is 2.25 bits per heavy atom. The molecule has 5 nitrogen and oxygen atoms in total. The van der Waals surface area contributed by atoms with E-state index in [1.54, 1.807) is 12.4 Å². The molecular weight excluding hydrogens is 202 g/mol. The molecule has 0 atom stereocenters. The highest BCUT2D eigenvalue weighted by Gasteiger charge is 2.08. The molecule has 2 heterocycles. The van der Waals surface area contributed by atoms with Crippen LogP contribution in [0.1, 0.15) is 20.3 Å². The largest absolute Gasteiger partial charge is 0.264 e. The highest BCUT2D eigenvalue weighted by atomic mass is 15.5. The van der Waals surface area contributed by atoms with E-state index in [2.05, 4.69) is 34.4 Å². The summed E-state index contributed by atoms with van der Waals surface area (Å²) in [7, 11) is 0. The Bertz CT molecular complexity index is 435. The zero-order valence-corrected chi connectivity index (χ0v) is 9.54. The van der Waals surface area contributed by atoms with Crippen molar-refractivity contribution >= 4 is 0 Å². The van der Waals surface area contributed by atoms with Crippen LogP contribution in [-0.4, -0.2) is 25.2 Å². The lowest BCUT2D eigenvalue weighted by Gasteiger charge is -2.06. The average Bonchev–Trinajstić information content (AvgIpc) is 2.75. The summed E-state index contributed by atoms with van der Waals surface area (Å²) in [5.74, 6) is 1.43. The molecule has 5 heteroatoms. The van der Waals surface area contributed by atoms with Crippen LogP contribution >= 0.6 is 0 Å². The maximum atomic E-state index is 4.07. The Labute approximate surface area is 94.5 Å². The Kier molecular flexibility index (Phi) is 3.24. The fourth-order valence-electron chi connectivity index (χ4n) is 1.44. The van der Waals surface area contributed by atoms with Crippen LogP contribution < -0.4 is 0 Å². The molecule has 84 valence electrons. The second-order valence-electron chi connectivity index (χ2n) is 4.15. The number of aromatic nitrogens is 5. The molecule has 16 heavy (non-hydrogen) atoms. The highest BCUT2D eigenvalue weighted by molar-refractivity contribution is 5.52. The minimum absolute atomic E-state index is 0.644. The summed E-state index contributed by atoms with van der Waals surface area (Å²) in [6.45, 7) is 5.22. The van der Waals surface area contributed by atoms with Gasteiger partial charge in [0.1, 0.15) is 0 Å². The SMILES string of the molecule is CC(C)CCn1nnnc1-c1cccnc1. The van der Waals surface area contributed by atoms with Crippen molar-refractivity contribution in [3.05, 3.63) is 24.5 Å². The van der Waals surface area contributed by atoms with Gasteiger partial charge in [-0.2, -0.15) is 0 Å². The first-order valence-corrected chi connectivity index (χ1v) is 5.44. The van der Waals surface area contributed by atoms with Crippen LogP contribution in [0.3, 0.4) is 0 Å². The van der Waals surface area contributed by atoms with E-state index < -0.39 is 0 Å². The molecular formula is C11H15N5. The Morgan fingerprint density at radius 1 is 1.38 bits per heavy atom. The third-order valence-corrected chi connectivity index (χ3v) is 2.37. The number of hydrogen-bond donors (Lipinski definition) is 0. The molecule has 0 aliphatic heterocycles. The minimum Gasteiger partial charge on any atom is -0.264 e. The smallest absolute Gasteiger partial charge is 0.183 e. The molecule has 2 aromatic heterocycles. The second kappa shape index (κ2) is 4.83. The monoisotopic (exact) mass is 217 g/mol. The van der Waals surface area contributed by atoms with Gasteiger partial charge in [0, 0.05) is 24.5 Å². The summed E-state index contributed by atoms with van der Waals surface area (Å²) in [5, 5.41) is 11.7. The van der Waals surface area contributed by atoms with E-state index in [1.807, 2.05) is 16.8 Å². The van der Waals surface area contributed by atoms with Crippen LogP contribution in [0.25, 0.3) is 11.4 Å². The summed E-state index contributed by atoms with van der Waals surface area (Å²) in [4.78, 5) is 4.07. The maximum Gasteiger partial charge on any atom is 0.183 e. The van der Waals surface area contributed by atoms with Crippen LogP contribution in [0.5, 0.6) is 0 Å². The van der Waals surface area contributed by atoms with Gasteiger partial charge in [0.05, 0.1) is 0 Å². The van der Waals surface area contributed by atoms with Crippen molar-refractivity contribution < 1.29 is 0 Å². The maximum absolute atomic E-state index is 4.07. The van der Waals surface area contributed by atoms with E-state index in [9.17, 15) is 0 Å². The summed E-state index contributed by atoms with van der Waals surface area (Å²) in [6.07, 6.45) is 4.58. The van der Waals surface area contributed by atoms with E-state index in [-0.39, 0.29) is 0 Å². The van der Waals surface area contributed by atoms with Gasteiger partial charge >= 0.3 is 0 Å². The molecule has 0 amide bonds. The van der Waals surface area contributed by atoms with Crippen molar-refractivity contribution in [2.24, 2.45) is 5.92 Å². The number of tetrazole rings is 1. The van der Waals surface area contributed by atoms with Crippen LogP contribution in [0.15, 0.2) is 24.5 Å². The van der Waals surface area contributed by atoms with Gasteiger partial charge in [-0.1, -0.05) is 13.8 Å². The van der Waals surface area contributed by atoms with Crippen LogP contribution in [-0.2, 0) is 6.54 Å². The van der Waals surface area contributed by atoms with Crippen molar-refractivity contribution in [2.75, 3.05) is 0 Å². The lowest BCUT2D eigenvalue weighted by molar-refractivity contribution is 0.481. The quantitative estimate of drug-likeness (QED) is 0.783. The first-order valence-electron chi connectivity index (χ1n) is 5.44. The number of aryl methyl sites for hydroxylation is 1. The number of pyridine rings is 1. The van der Waals surface area contributed by atoms with Crippen molar-refractivity contribution in [2.45, 2.75) is 26.8 Å². The van der Waals surface area contributed by atoms with Crippen molar-refractivity contribution in [3.63, 3.8) is 0 Å². The standard InChI is InChI=1S/C11H15N5/c1-9(2)5-7-16-11(13-14-15-16)10-4-3-6-12-8-10/h3-4,6,8-9H,5,7H2,1-2H3. The molecule has 0 saturated heterocycles. The predicted octanol–water partition coefficient (Wildman–Crippen LogP) is 1.78. The van der Waals surface area contributed by atoms with Gasteiger partial charge in [0.2, 0.25) is 0 Å². The fraction of sp³-hybridized carbons (Fsp3) is 0.455. The lowest BCUT2D eigenvalue weighted by Crippen LogP contribution is -2.05. The first kappa shape index (κ1) is 10.7. The highest BCUT2D eigenvalue weighted by Crippen LogP contribution is 2.14. The third-order valence-electron chi connectivity index (χ3n) is 2.37. The zero-order chi connectivity index (χ0) is 11.4. The molecule has 0 saturated carbocycles. The first-order chi connectivity index (χ1) is 7.77. The van der Waals surface area contributed by atoms with Gasteiger partial charge in [-0.15, -0.1) is 5.10 Å². The molecule has 0 spiro atoms. The van der Waals surface area contributed by atoms with Crippen LogP contribution in [0.4, 0.5) is 0 Å². The van der Waals surface area contributed by atoms with Gasteiger partial charge in [-0.3, -0.25) is 4.98 Å². The van der Waals surface area contributed by atoms with E-state index in [1.165, 1.54) is 0 Å². The van der Waals surface area contributed by atoms with Crippen molar-refractivity contribution in [1.82, 2.24) is 25.2 Å². The summed E-state index contributed by atoms with van der Waals surface area (Å²) < 4.78 is 1.83. The zero-order valence-electron chi connectivity index (χ0n) is 9.54. The van der Waals surface area contributed by atoms with Crippen LogP contribution in [0.2, 0.25) is 0 Å². The number of rotatable bonds is 4. The molecule has 0 unspecified atom stereocenters. The molecule has 2 rings (SSSR count).